The molecule has 3 rings (SSSR count). The fourth-order valence-corrected chi connectivity index (χ4v) is 2.82. The van der Waals surface area contributed by atoms with Crippen molar-refractivity contribution in [1.82, 2.24) is 5.06 Å². The summed E-state index contributed by atoms with van der Waals surface area (Å²) < 4.78 is 0. The normalized spacial score (nSPS) is 10.8. The average Bonchev–Trinajstić information content (AvgIpc) is 2.78. The van der Waals surface area contributed by atoms with Gasteiger partial charge in [0.15, 0.2) is 0 Å². The van der Waals surface area contributed by atoms with Crippen LogP contribution in [0, 0.1) is 6.92 Å². The molecule has 0 radical (unpaired) electrons. The lowest BCUT2D eigenvalue weighted by Crippen LogP contribution is -2.09. The molecule has 0 saturated carbocycles. The number of hydrogen-bond acceptors (Lipinski definition) is 2. The standard InChI is InChI=1S/C21H17Cl.C3H9NO.C2H4/c1-16-12-14-18(15-13-16)20(17-8-4-2-5-9-17)21(22)19-10-6-3-7-11-19;1-3-4(2)5;1-2/h2-15H,1H3;5H,3H2,1-2H3;1-2H2/b21-20+;;. The molecule has 0 amide bonds. The lowest BCUT2D eigenvalue weighted by Gasteiger charge is -2.12. The first-order valence-electron chi connectivity index (χ1n) is 9.50. The van der Waals surface area contributed by atoms with Gasteiger partial charge >= 0.3 is 0 Å². The van der Waals surface area contributed by atoms with Crippen molar-refractivity contribution in [2.75, 3.05) is 13.6 Å². The Bertz CT molecular complexity index is 856. The number of hydroxylamine groups is 2. The lowest BCUT2D eigenvalue weighted by atomic mass is 9.95. The summed E-state index contributed by atoms with van der Waals surface area (Å²) in [5.41, 5.74) is 5.59. The summed E-state index contributed by atoms with van der Waals surface area (Å²) >= 11 is 6.76. The van der Waals surface area contributed by atoms with Crippen LogP contribution in [-0.2, 0) is 0 Å². The monoisotopic (exact) mass is 407 g/mol. The van der Waals surface area contributed by atoms with E-state index in [0.29, 0.717) is 6.54 Å². The van der Waals surface area contributed by atoms with Gasteiger partial charge in [0.25, 0.3) is 0 Å². The number of benzene rings is 3. The first-order chi connectivity index (χ1) is 14.0. The Hall–Kier alpha value is -2.65. The van der Waals surface area contributed by atoms with E-state index in [-0.39, 0.29) is 0 Å². The topological polar surface area (TPSA) is 23.5 Å². The Balaban J connectivity index is 0.000000527. The highest BCUT2D eigenvalue weighted by atomic mass is 35.5. The van der Waals surface area contributed by atoms with Gasteiger partial charge in [-0.05, 0) is 23.6 Å². The number of aryl methyl sites for hydroxylation is 1. The molecule has 3 heteroatoms. The number of nitrogens with zero attached hydrogens (tertiary/aromatic N) is 1. The first kappa shape index (κ1) is 24.4. The van der Waals surface area contributed by atoms with Crippen LogP contribution >= 0.6 is 11.6 Å². The van der Waals surface area contributed by atoms with Crippen LogP contribution in [0.15, 0.2) is 98.1 Å². The van der Waals surface area contributed by atoms with Crippen molar-refractivity contribution in [3.05, 3.63) is 120 Å². The summed E-state index contributed by atoms with van der Waals surface area (Å²) in [6.07, 6.45) is 0. The van der Waals surface area contributed by atoms with E-state index < -0.39 is 0 Å². The Labute approximate surface area is 180 Å². The van der Waals surface area contributed by atoms with E-state index in [1.807, 2.05) is 55.5 Å². The van der Waals surface area contributed by atoms with Crippen LogP contribution in [0.3, 0.4) is 0 Å². The minimum atomic E-state index is 0.694. The SMILES string of the molecule is C=C.CCN(C)O.Cc1ccc(/C(=C(/Cl)c2ccccc2)c2ccccc2)cc1. The Morgan fingerprint density at radius 2 is 1.17 bits per heavy atom. The summed E-state index contributed by atoms with van der Waals surface area (Å²) in [4.78, 5) is 0. The molecule has 0 aliphatic rings. The van der Waals surface area contributed by atoms with Gasteiger partial charge in [-0.25, -0.2) is 0 Å². The minimum absolute atomic E-state index is 0.694. The van der Waals surface area contributed by atoms with Gasteiger partial charge in [-0.3, -0.25) is 0 Å². The maximum Gasteiger partial charge on any atom is 0.0562 e. The number of hydrogen-bond donors (Lipinski definition) is 1. The highest BCUT2D eigenvalue weighted by molar-refractivity contribution is 6.53. The Kier molecular flexibility index (Phi) is 11.4. The Morgan fingerprint density at radius 1 is 0.793 bits per heavy atom. The fraction of sp³-hybridized carbons (Fsp3) is 0.154. The summed E-state index contributed by atoms with van der Waals surface area (Å²) in [5.74, 6) is 0. The minimum Gasteiger partial charge on any atom is -0.314 e. The molecule has 0 unspecified atom stereocenters. The zero-order chi connectivity index (χ0) is 21.6. The predicted octanol–water partition coefficient (Wildman–Crippen LogP) is 7.28. The molecule has 0 atom stereocenters. The van der Waals surface area contributed by atoms with Crippen molar-refractivity contribution in [3.63, 3.8) is 0 Å². The van der Waals surface area contributed by atoms with Crippen molar-refractivity contribution in [2.24, 2.45) is 0 Å². The van der Waals surface area contributed by atoms with Gasteiger partial charge in [0.05, 0.1) is 5.03 Å². The van der Waals surface area contributed by atoms with Crippen LogP contribution in [0.25, 0.3) is 10.6 Å². The molecular weight excluding hydrogens is 378 g/mol. The summed E-state index contributed by atoms with van der Waals surface area (Å²) in [7, 11) is 1.61. The second kappa shape index (κ2) is 13.5. The number of rotatable bonds is 4. The zero-order valence-electron chi connectivity index (χ0n) is 17.5. The van der Waals surface area contributed by atoms with Crippen molar-refractivity contribution in [1.29, 1.82) is 0 Å². The van der Waals surface area contributed by atoms with Gasteiger partial charge in [-0.2, -0.15) is 5.06 Å². The maximum atomic E-state index is 8.19. The molecule has 0 aromatic heterocycles. The van der Waals surface area contributed by atoms with E-state index in [1.54, 1.807) is 7.05 Å². The van der Waals surface area contributed by atoms with Crippen LogP contribution in [0.2, 0.25) is 0 Å². The second-order valence-electron chi connectivity index (χ2n) is 6.26. The van der Waals surface area contributed by atoms with Gasteiger partial charge in [-0.15, -0.1) is 13.2 Å². The third-order valence-electron chi connectivity index (χ3n) is 4.11. The molecule has 0 saturated heterocycles. The van der Waals surface area contributed by atoms with Gasteiger partial charge in [0, 0.05) is 19.2 Å². The summed E-state index contributed by atoms with van der Waals surface area (Å²) in [6, 6.07) is 28.9. The van der Waals surface area contributed by atoms with E-state index in [9.17, 15) is 0 Å². The highest BCUT2D eigenvalue weighted by Crippen LogP contribution is 2.34. The molecule has 0 heterocycles. The zero-order valence-corrected chi connectivity index (χ0v) is 18.2. The third kappa shape index (κ3) is 8.08. The van der Waals surface area contributed by atoms with Crippen molar-refractivity contribution < 1.29 is 5.21 Å². The van der Waals surface area contributed by atoms with Gasteiger partial charge in [0.2, 0.25) is 0 Å². The van der Waals surface area contributed by atoms with Crippen molar-refractivity contribution >= 4 is 22.2 Å². The molecule has 3 aromatic carbocycles. The predicted molar refractivity (Wildman–Crippen MR) is 127 cm³/mol. The van der Waals surface area contributed by atoms with E-state index in [4.69, 9.17) is 16.8 Å². The average molecular weight is 408 g/mol. The van der Waals surface area contributed by atoms with Gasteiger partial charge in [-0.1, -0.05) is 109 Å². The van der Waals surface area contributed by atoms with E-state index in [2.05, 4.69) is 56.5 Å². The van der Waals surface area contributed by atoms with Crippen molar-refractivity contribution in [3.8, 4) is 0 Å². The molecule has 152 valence electrons. The van der Waals surface area contributed by atoms with Gasteiger partial charge < -0.3 is 5.21 Å². The smallest absolute Gasteiger partial charge is 0.0562 e. The second-order valence-corrected chi connectivity index (χ2v) is 6.64. The van der Waals surface area contributed by atoms with Crippen LogP contribution in [0.1, 0.15) is 29.2 Å². The van der Waals surface area contributed by atoms with Gasteiger partial charge in [0.1, 0.15) is 0 Å². The fourth-order valence-electron chi connectivity index (χ4n) is 2.47. The largest absolute Gasteiger partial charge is 0.314 e. The highest BCUT2D eigenvalue weighted by Gasteiger charge is 2.11. The van der Waals surface area contributed by atoms with E-state index in [1.165, 1.54) is 5.56 Å². The maximum absolute atomic E-state index is 8.19. The van der Waals surface area contributed by atoms with Crippen molar-refractivity contribution in [2.45, 2.75) is 13.8 Å². The molecule has 0 aliphatic heterocycles. The Morgan fingerprint density at radius 3 is 1.59 bits per heavy atom. The molecule has 0 aliphatic carbocycles. The van der Waals surface area contributed by atoms with Crippen LogP contribution in [0.5, 0.6) is 0 Å². The molecule has 0 spiro atoms. The molecular formula is C26H30ClNO. The van der Waals surface area contributed by atoms with Crippen LogP contribution in [0.4, 0.5) is 0 Å². The summed E-state index contributed by atoms with van der Waals surface area (Å²) in [6.45, 7) is 10.7. The van der Waals surface area contributed by atoms with Crippen LogP contribution < -0.4 is 0 Å². The van der Waals surface area contributed by atoms with E-state index >= 15 is 0 Å². The number of halogens is 1. The molecule has 3 aromatic rings. The molecule has 29 heavy (non-hydrogen) atoms. The first-order valence-corrected chi connectivity index (χ1v) is 9.88. The van der Waals surface area contributed by atoms with Crippen LogP contribution in [-0.4, -0.2) is 23.9 Å². The van der Waals surface area contributed by atoms with E-state index in [0.717, 1.165) is 32.4 Å². The molecule has 2 nitrogen and oxygen atoms in total. The molecule has 0 fully saturated rings. The third-order valence-corrected chi connectivity index (χ3v) is 4.51. The lowest BCUT2D eigenvalue weighted by molar-refractivity contribution is -0.0596. The summed E-state index contributed by atoms with van der Waals surface area (Å²) in [5, 5.41) is 10.1. The quantitative estimate of drug-likeness (QED) is 0.279. The molecule has 1 N–H and O–H groups in total. The molecule has 0 bridgehead atoms.